The lowest BCUT2D eigenvalue weighted by molar-refractivity contribution is -0.0300. The Balaban J connectivity index is 1.56. The normalized spacial score (nSPS) is 21.0. The fourth-order valence-corrected chi connectivity index (χ4v) is 3.08. The molecule has 0 radical (unpaired) electrons. The summed E-state index contributed by atoms with van der Waals surface area (Å²) in [6.07, 6.45) is 10.2. The molecule has 2 aliphatic carbocycles. The molecule has 1 heterocycles. The molecular formula is C17H24N2O3. The molecule has 1 amide bonds. The third-order valence-electron chi connectivity index (χ3n) is 4.70. The third-order valence-corrected chi connectivity index (χ3v) is 4.70. The highest BCUT2D eigenvalue weighted by molar-refractivity contribution is 5.94. The zero-order valence-corrected chi connectivity index (χ0v) is 12.9. The van der Waals surface area contributed by atoms with Gasteiger partial charge in [-0.25, -0.2) is 4.98 Å². The molecule has 0 bridgehead atoms. The highest BCUT2D eigenvalue weighted by atomic mass is 16.5. The molecule has 2 saturated carbocycles. The van der Waals surface area contributed by atoms with Crippen LogP contribution in [0.4, 0.5) is 0 Å². The molecule has 1 aromatic heterocycles. The standard InChI is InChI=1S/C17H24N2O3/c20-16(19-12-17(21)8-4-9-17)13-7-10-18-15(11-13)22-14-5-2-1-3-6-14/h7,10-11,14,21H,1-6,8-9,12H2,(H,19,20). The average molecular weight is 304 g/mol. The number of carbonyl (C=O) groups excluding carboxylic acids is 1. The zero-order chi connectivity index (χ0) is 15.4. The van der Waals surface area contributed by atoms with Crippen molar-refractivity contribution < 1.29 is 14.6 Å². The van der Waals surface area contributed by atoms with Gasteiger partial charge >= 0.3 is 0 Å². The Morgan fingerprint density at radius 3 is 2.77 bits per heavy atom. The van der Waals surface area contributed by atoms with Crippen LogP contribution in [0, 0.1) is 0 Å². The number of aromatic nitrogens is 1. The molecule has 0 aliphatic heterocycles. The van der Waals surface area contributed by atoms with E-state index in [9.17, 15) is 9.90 Å². The lowest BCUT2D eigenvalue weighted by atomic mass is 9.80. The van der Waals surface area contributed by atoms with Crippen molar-refractivity contribution in [3.8, 4) is 5.88 Å². The molecule has 22 heavy (non-hydrogen) atoms. The first-order chi connectivity index (χ1) is 10.6. The van der Waals surface area contributed by atoms with E-state index in [0.29, 0.717) is 18.0 Å². The number of nitrogens with one attached hydrogen (secondary N) is 1. The summed E-state index contributed by atoms with van der Waals surface area (Å²) in [5.41, 5.74) is -0.173. The summed E-state index contributed by atoms with van der Waals surface area (Å²) in [4.78, 5) is 16.4. The highest BCUT2D eigenvalue weighted by Gasteiger charge is 2.34. The maximum absolute atomic E-state index is 12.2. The molecule has 5 heteroatoms. The average Bonchev–Trinajstić information content (AvgIpc) is 2.52. The van der Waals surface area contributed by atoms with Crippen LogP contribution in [0.15, 0.2) is 18.3 Å². The summed E-state index contributed by atoms with van der Waals surface area (Å²) in [6.45, 7) is 0.312. The minimum Gasteiger partial charge on any atom is -0.474 e. The number of hydrogen-bond donors (Lipinski definition) is 2. The van der Waals surface area contributed by atoms with Crippen molar-refractivity contribution in [3.05, 3.63) is 23.9 Å². The number of amides is 1. The van der Waals surface area contributed by atoms with E-state index >= 15 is 0 Å². The van der Waals surface area contributed by atoms with Crippen LogP contribution in [0.5, 0.6) is 5.88 Å². The molecular weight excluding hydrogens is 280 g/mol. The van der Waals surface area contributed by atoms with E-state index in [1.807, 2.05) is 0 Å². The van der Waals surface area contributed by atoms with Crippen LogP contribution in [0.2, 0.25) is 0 Å². The number of nitrogens with zero attached hydrogens (tertiary/aromatic N) is 1. The topological polar surface area (TPSA) is 71.5 Å². The van der Waals surface area contributed by atoms with Gasteiger partial charge in [-0.05, 0) is 51.0 Å². The SMILES string of the molecule is O=C(NCC1(O)CCC1)c1ccnc(OC2CCCCC2)c1. The Bertz CT molecular complexity index is 522. The van der Waals surface area contributed by atoms with Crippen LogP contribution in [-0.2, 0) is 0 Å². The fourth-order valence-electron chi connectivity index (χ4n) is 3.08. The van der Waals surface area contributed by atoms with Crippen LogP contribution in [0.1, 0.15) is 61.7 Å². The second-order valence-electron chi connectivity index (χ2n) is 6.52. The van der Waals surface area contributed by atoms with E-state index in [1.165, 1.54) is 19.3 Å². The highest BCUT2D eigenvalue weighted by Crippen LogP contribution is 2.30. The van der Waals surface area contributed by atoms with Crippen molar-refractivity contribution in [3.63, 3.8) is 0 Å². The van der Waals surface area contributed by atoms with Gasteiger partial charge in [0.1, 0.15) is 6.10 Å². The molecule has 0 spiro atoms. The van der Waals surface area contributed by atoms with E-state index in [-0.39, 0.29) is 12.0 Å². The Morgan fingerprint density at radius 2 is 2.09 bits per heavy atom. The predicted molar refractivity (Wildman–Crippen MR) is 82.9 cm³/mol. The smallest absolute Gasteiger partial charge is 0.251 e. The lowest BCUT2D eigenvalue weighted by Gasteiger charge is -2.36. The van der Waals surface area contributed by atoms with Gasteiger partial charge in [-0.15, -0.1) is 0 Å². The van der Waals surface area contributed by atoms with E-state index < -0.39 is 5.60 Å². The molecule has 0 saturated heterocycles. The molecule has 2 N–H and O–H groups in total. The van der Waals surface area contributed by atoms with Gasteiger partial charge < -0.3 is 15.2 Å². The second-order valence-corrected chi connectivity index (χ2v) is 6.52. The van der Waals surface area contributed by atoms with Crippen molar-refractivity contribution in [2.75, 3.05) is 6.54 Å². The van der Waals surface area contributed by atoms with Crippen LogP contribution in [0.25, 0.3) is 0 Å². The number of ether oxygens (including phenoxy) is 1. The van der Waals surface area contributed by atoms with Gasteiger partial charge in [0.25, 0.3) is 5.91 Å². The van der Waals surface area contributed by atoms with Gasteiger partial charge in [0.2, 0.25) is 5.88 Å². The minimum atomic E-state index is -0.704. The number of aliphatic hydroxyl groups is 1. The molecule has 1 aromatic rings. The number of pyridine rings is 1. The summed E-state index contributed by atoms with van der Waals surface area (Å²) in [5, 5.41) is 12.8. The van der Waals surface area contributed by atoms with Gasteiger partial charge in [0, 0.05) is 24.4 Å². The Morgan fingerprint density at radius 1 is 1.32 bits per heavy atom. The Hall–Kier alpha value is -1.62. The summed E-state index contributed by atoms with van der Waals surface area (Å²) in [7, 11) is 0. The van der Waals surface area contributed by atoms with Crippen molar-refractivity contribution in [2.45, 2.75) is 63.1 Å². The lowest BCUT2D eigenvalue weighted by Crippen LogP contribution is -2.47. The van der Waals surface area contributed by atoms with E-state index in [2.05, 4.69) is 10.3 Å². The van der Waals surface area contributed by atoms with Crippen molar-refractivity contribution in [1.82, 2.24) is 10.3 Å². The van der Waals surface area contributed by atoms with Gasteiger partial charge in [0.15, 0.2) is 0 Å². The summed E-state index contributed by atoms with van der Waals surface area (Å²) < 4.78 is 5.88. The van der Waals surface area contributed by atoms with Crippen molar-refractivity contribution in [2.24, 2.45) is 0 Å². The maximum Gasteiger partial charge on any atom is 0.251 e. The summed E-state index contributed by atoms with van der Waals surface area (Å²) in [6, 6.07) is 3.36. The van der Waals surface area contributed by atoms with E-state index in [1.54, 1.807) is 18.3 Å². The first kappa shape index (κ1) is 15.3. The van der Waals surface area contributed by atoms with Crippen LogP contribution < -0.4 is 10.1 Å². The Kier molecular flexibility index (Phi) is 4.62. The Labute approximate surface area is 131 Å². The van der Waals surface area contributed by atoms with Gasteiger partial charge in [-0.2, -0.15) is 0 Å². The number of carbonyl (C=O) groups is 1. The fraction of sp³-hybridized carbons (Fsp3) is 0.647. The van der Waals surface area contributed by atoms with Crippen LogP contribution in [-0.4, -0.2) is 34.2 Å². The second kappa shape index (κ2) is 6.65. The molecule has 120 valence electrons. The van der Waals surface area contributed by atoms with Crippen LogP contribution in [0.3, 0.4) is 0 Å². The molecule has 2 aliphatic rings. The maximum atomic E-state index is 12.2. The first-order valence-electron chi connectivity index (χ1n) is 8.28. The monoisotopic (exact) mass is 304 g/mol. The van der Waals surface area contributed by atoms with Gasteiger partial charge in [0.05, 0.1) is 5.60 Å². The molecule has 0 atom stereocenters. The van der Waals surface area contributed by atoms with E-state index in [4.69, 9.17) is 4.74 Å². The molecule has 0 aromatic carbocycles. The van der Waals surface area contributed by atoms with Crippen molar-refractivity contribution in [1.29, 1.82) is 0 Å². The minimum absolute atomic E-state index is 0.184. The van der Waals surface area contributed by atoms with E-state index in [0.717, 1.165) is 32.1 Å². The molecule has 2 fully saturated rings. The quantitative estimate of drug-likeness (QED) is 0.876. The van der Waals surface area contributed by atoms with Gasteiger partial charge in [-0.3, -0.25) is 4.79 Å². The molecule has 3 rings (SSSR count). The van der Waals surface area contributed by atoms with Crippen LogP contribution >= 0.6 is 0 Å². The van der Waals surface area contributed by atoms with Crippen molar-refractivity contribution >= 4 is 5.91 Å². The number of rotatable bonds is 5. The van der Waals surface area contributed by atoms with Gasteiger partial charge in [-0.1, -0.05) is 6.42 Å². The largest absolute Gasteiger partial charge is 0.474 e. The molecule has 5 nitrogen and oxygen atoms in total. The predicted octanol–water partition coefficient (Wildman–Crippen LogP) is 2.44. The zero-order valence-electron chi connectivity index (χ0n) is 12.9. The third kappa shape index (κ3) is 3.77. The first-order valence-corrected chi connectivity index (χ1v) is 8.28. The summed E-state index contributed by atoms with van der Waals surface area (Å²) in [5.74, 6) is 0.332. The molecule has 0 unspecified atom stereocenters. The number of hydrogen-bond acceptors (Lipinski definition) is 4. The summed E-state index contributed by atoms with van der Waals surface area (Å²) >= 11 is 0.